The molecule has 0 saturated carbocycles. The summed E-state index contributed by atoms with van der Waals surface area (Å²) in [5, 5.41) is -0.829. The summed E-state index contributed by atoms with van der Waals surface area (Å²) < 4.78 is 10.2. The molecule has 1 heterocycles. The van der Waals surface area contributed by atoms with E-state index in [0.29, 0.717) is 17.1 Å². The highest BCUT2D eigenvalue weighted by atomic mass is 35.5. The summed E-state index contributed by atoms with van der Waals surface area (Å²) in [5.74, 6) is 0.669. The quantitative estimate of drug-likeness (QED) is 0.751. The number of nitrogens with two attached hydrogens (primary N) is 1. The zero-order valence-corrected chi connectivity index (χ0v) is 7.95. The highest BCUT2D eigenvalue weighted by Gasteiger charge is 2.19. The molecule has 0 unspecified atom stereocenters. The lowest BCUT2D eigenvalue weighted by Gasteiger charge is -2.05. The summed E-state index contributed by atoms with van der Waals surface area (Å²) in [5.41, 5.74) is 5.68. The number of hydrogen-bond acceptors (Lipinski definition) is 3. The minimum Gasteiger partial charge on any atom is -0.454 e. The van der Waals surface area contributed by atoms with Gasteiger partial charge in [-0.2, -0.15) is 0 Å². The monoisotopic (exact) mass is 213 g/mol. The van der Waals surface area contributed by atoms with Crippen LogP contribution in [0.4, 0.5) is 0 Å². The highest BCUT2D eigenvalue weighted by molar-refractivity contribution is 6.30. The van der Waals surface area contributed by atoms with E-state index in [9.17, 15) is 4.79 Å². The van der Waals surface area contributed by atoms with Crippen LogP contribution >= 0.6 is 11.6 Å². The normalized spacial score (nSPS) is 15.2. The maximum atomic E-state index is 10.8. The Balaban J connectivity index is 2.33. The number of alkyl halides is 1. The van der Waals surface area contributed by atoms with Crippen LogP contribution in [-0.4, -0.2) is 12.7 Å². The molecule has 0 fully saturated rings. The van der Waals surface area contributed by atoms with Crippen molar-refractivity contribution < 1.29 is 14.3 Å². The lowest BCUT2D eigenvalue weighted by Crippen LogP contribution is -2.16. The molecule has 0 aliphatic carbocycles. The van der Waals surface area contributed by atoms with Crippen LogP contribution in [0.15, 0.2) is 18.2 Å². The molecule has 0 saturated heterocycles. The van der Waals surface area contributed by atoms with E-state index >= 15 is 0 Å². The van der Waals surface area contributed by atoms with Crippen molar-refractivity contribution >= 4 is 17.5 Å². The Hall–Kier alpha value is -1.42. The molecule has 5 heteroatoms. The summed E-state index contributed by atoms with van der Waals surface area (Å²) in [6.07, 6.45) is 0. The molecule has 1 aromatic carbocycles. The number of ether oxygens (including phenoxy) is 2. The first-order valence-electron chi connectivity index (χ1n) is 4.01. The molecule has 14 heavy (non-hydrogen) atoms. The van der Waals surface area contributed by atoms with Gasteiger partial charge in [-0.3, -0.25) is 4.79 Å². The predicted octanol–water partition coefficient (Wildman–Crippen LogP) is 1.18. The number of hydrogen-bond donors (Lipinski definition) is 1. The summed E-state index contributed by atoms with van der Waals surface area (Å²) in [4.78, 5) is 10.8. The SMILES string of the molecule is NC(=O)[C@@H](Cl)c1ccc2c(c1)OCO2. The number of fused-ring (bicyclic) bond motifs is 1. The van der Waals surface area contributed by atoms with E-state index in [-0.39, 0.29) is 6.79 Å². The van der Waals surface area contributed by atoms with Crippen LogP contribution < -0.4 is 15.2 Å². The number of amides is 1. The Kier molecular flexibility index (Phi) is 2.21. The fraction of sp³-hybridized carbons (Fsp3) is 0.222. The second-order valence-electron chi connectivity index (χ2n) is 2.88. The van der Waals surface area contributed by atoms with Crippen molar-refractivity contribution in [2.75, 3.05) is 6.79 Å². The van der Waals surface area contributed by atoms with E-state index in [0.717, 1.165) is 0 Å². The zero-order valence-electron chi connectivity index (χ0n) is 7.20. The first-order valence-corrected chi connectivity index (χ1v) is 4.45. The van der Waals surface area contributed by atoms with Crippen LogP contribution in [0.25, 0.3) is 0 Å². The van der Waals surface area contributed by atoms with E-state index in [1.54, 1.807) is 18.2 Å². The predicted molar refractivity (Wildman–Crippen MR) is 50.4 cm³/mol. The van der Waals surface area contributed by atoms with Gasteiger partial charge in [-0.15, -0.1) is 11.6 Å². The van der Waals surface area contributed by atoms with Gasteiger partial charge in [0.1, 0.15) is 5.38 Å². The topological polar surface area (TPSA) is 61.6 Å². The third kappa shape index (κ3) is 1.48. The van der Waals surface area contributed by atoms with Crippen molar-refractivity contribution in [3.63, 3.8) is 0 Å². The average Bonchev–Trinajstić information content (AvgIpc) is 2.62. The molecule has 1 amide bonds. The number of carbonyl (C=O) groups is 1. The maximum absolute atomic E-state index is 10.8. The van der Waals surface area contributed by atoms with Crippen LogP contribution in [0.3, 0.4) is 0 Å². The van der Waals surface area contributed by atoms with E-state index < -0.39 is 11.3 Å². The number of primary amides is 1. The third-order valence-electron chi connectivity index (χ3n) is 1.94. The van der Waals surface area contributed by atoms with Gasteiger partial charge in [0.25, 0.3) is 0 Å². The summed E-state index contributed by atoms with van der Waals surface area (Å²) >= 11 is 5.77. The van der Waals surface area contributed by atoms with Gasteiger partial charge in [-0.05, 0) is 17.7 Å². The Labute approximate surface area is 85.6 Å². The van der Waals surface area contributed by atoms with Crippen LogP contribution in [0.5, 0.6) is 11.5 Å². The van der Waals surface area contributed by atoms with Crippen molar-refractivity contribution in [2.24, 2.45) is 5.73 Å². The average molecular weight is 214 g/mol. The fourth-order valence-corrected chi connectivity index (χ4v) is 1.37. The van der Waals surface area contributed by atoms with Gasteiger partial charge in [-0.1, -0.05) is 6.07 Å². The molecule has 1 atom stereocenters. The van der Waals surface area contributed by atoms with Gasteiger partial charge in [0.15, 0.2) is 11.5 Å². The molecule has 0 spiro atoms. The van der Waals surface area contributed by atoms with Gasteiger partial charge in [0.05, 0.1) is 0 Å². The summed E-state index contributed by atoms with van der Waals surface area (Å²) in [6.45, 7) is 0.197. The molecule has 0 bridgehead atoms. The number of rotatable bonds is 2. The molecular weight excluding hydrogens is 206 g/mol. The second-order valence-corrected chi connectivity index (χ2v) is 3.31. The van der Waals surface area contributed by atoms with Crippen LogP contribution in [0.1, 0.15) is 10.9 Å². The van der Waals surface area contributed by atoms with Gasteiger partial charge in [-0.25, -0.2) is 0 Å². The fourth-order valence-electron chi connectivity index (χ4n) is 1.24. The van der Waals surface area contributed by atoms with Crippen molar-refractivity contribution in [3.05, 3.63) is 23.8 Å². The Morgan fingerprint density at radius 1 is 1.43 bits per heavy atom. The smallest absolute Gasteiger partial charge is 0.240 e. The lowest BCUT2D eigenvalue weighted by atomic mass is 10.1. The zero-order chi connectivity index (χ0) is 10.1. The first-order chi connectivity index (χ1) is 6.68. The van der Waals surface area contributed by atoms with Gasteiger partial charge in [0, 0.05) is 0 Å². The summed E-state index contributed by atoms with van der Waals surface area (Å²) in [7, 11) is 0. The summed E-state index contributed by atoms with van der Waals surface area (Å²) in [6, 6.07) is 5.05. The van der Waals surface area contributed by atoms with E-state index in [2.05, 4.69) is 0 Å². The Bertz CT molecular complexity index is 380. The Morgan fingerprint density at radius 3 is 2.86 bits per heavy atom. The molecular formula is C9H8ClNO3. The molecule has 1 aliphatic rings. The molecule has 74 valence electrons. The largest absolute Gasteiger partial charge is 0.454 e. The van der Waals surface area contributed by atoms with Crippen LogP contribution in [0.2, 0.25) is 0 Å². The molecule has 0 aromatic heterocycles. The highest BCUT2D eigenvalue weighted by Crippen LogP contribution is 2.35. The first kappa shape index (κ1) is 9.15. The lowest BCUT2D eigenvalue weighted by molar-refractivity contribution is -0.117. The maximum Gasteiger partial charge on any atom is 0.240 e. The molecule has 2 N–H and O–H groups in total. The van der Waals surface area contributed by atoms with Gasteiger partial charge in [0.2, 0.25) is 12.7 Å². The van der Waals surface area contributed by atoms with Gasteiger partial charge >= 0.3 is 0 Å². The van der Waals surface area contributed by atoms with Crippen LogP contribution in [-0.2, 0) is 4.79 Å². The van der Waals surface area contributed by atoms with Crippen molar-refractivity contribution in [3.8, 4) is 11.5 Å². The van der Waals surface area contributed by atoms with Crippen molar-refractivity contribution in [1.82, 2.24) is 0 Å². The second kappa shape index (κ2) is 3.38. The number of halogens is 1. The minimum absolute atomic E-state index is 0.197. The number of benzene rings is 1. The number of carbonyl (C=O) groups excluding carboxylic acids is 1. The molecule has 1 aliphatic heterocycles. The minimum atomic E-state index is -0.829. The molecule has 4 nitrogen and oxygen atoms in total. The molecule has 2 rings (SSSR count). The van der Waals surface area contributed by atoms with E-state index in [4.69, 9.17) is 26.8 Å². The van der Waals surface area contributed by atoms with Crippen molar-refractivity contribution in [1.29, 1.82) is 0 Å². The standard InChI is InChI=1S/C9H8ClNO3/c10-8(9(11)12)5-1-2-6-7(3-5)14-4-13-6/h1-3,8H,4H2,(H2,11,12)/t8-/m0/s1. The van der Waals surface area contributed by atoms with E-state index in [1.165, 1.54) is 0 Å². The van der Waals surface area contributed by atoms with Crippen LogP contribution in [0, 0.1) is 0 Å². The van der Waals surface area contributed by atoms with E-state index in [1.807, 2.05) is 0 Å². The van der Waals surface area contributed by atoms with Crippen molar-refractivity contribution in [2.45, 2.75) is 5.38 Å². The van der Waals surface area contributed by atoms with Gasteiger partial charge < -0.3 is 15.2 Å². The molecule has 1 aromatic rings. The third-order valence-corrected chi connectivity index (χ3v) is 2.41. The Morgan fingerprint density at radius 2 is 2.14 bits per heavy atom. The molecule has 0 radical (unpaired) electrons.